The van der Waals surface area contributed by atoms with Gasteiger partial charge in [0.25, 0.3) is 0 Å². The molecule has 0 radical (unpaired) electrons. The number of hydrogen-bond acceptors (Lipinski definition) is 4. The molecule has 0 saturated heterocycles. The van der Waals surface area contributed by atoms with E-state index in [1.54, 1.807) is 0 Å². The largest absolute Gasteiger partial charge is 0.384 e. The van der Waals surface area contributed by atoms with Gasteiger partial charge < -0.3 is 20.6 Å². The zero-order valence-electron chi connectivity index (χ0n) is 17.8. The molecule has 0 bridgehead atoms. The molecule has 6 nitrogen and oxygen atoms in total. The van der Waals surface area contributed by atoms with Crippen LogP contribution in [0.15, 0.2) is 30.3 Å². The monoisotopic (exact) mass is 402 g/mol. The van der Waals surface area contributed by atoms with E-state index in [1.807, 2.05) is 13.0 Å². The Morgan fingerprint density at radius 3 is 2.73 bits per heavy atom. The molecular weight excluding hydrogens is 372 g/mol. The highest BCUT2D eigenvalue weighted by atomic mass is 15.1. The first kappa shape index (κ1) is 19.1. The normalized spacial score (nSPS) is 15.6. The van der Waals surface area contributed by atoms with Gasteiger partial charge in [0.1, 0.15) is 17.2 Å². The van der Waals surface area contributed by atoms with E-state index in [0.717, 1.165) is 46.2 Å². The van der Waals surface area contributed by atoms with Crippen molar-refractivity contribution in [2.75, 3.05) is 19.3 Å². The van der Waals surface area contributed by atoms with Crippen LogP contribution in [0, 0.1) is 12.8 Å². The van der Waals surface area contributed by atoms with E-state index in [1.165, 1.54) is 49.6 Å². The van der Waals surface area contributed by atoms with Crippen LogP contribution in [0.3, 0.4) is 0 Å². The fourth-order valence-corrected chi connectivity index (χ4v) is 4.94. The summed E-state index contributed by atoms with van der Waals surface area (Å²) in [4.78, 5) is 18.2. The molecule has 5 rings (SSSR count). The van der Waals surface area contributed by atoms with Crippen molar-refractivity contribution in [1.29, 1.82) is 0 Å². The lowest BCUT2D eigenvalue weighted by atomic mass is 9.89. The van der Waals surface area contributed by atoms with Crippen molar-refractivity contribution < 1.29 is 0 Å². The Morgan fingerprint density at radius 2 is 1.90 bits per heavy atom. The maximum Gasteiger partial charge on any atom is 0.160 e. The van der Waals surface area contributed by atoms with Crippen molar-refractivity contribution in [1.82, 2.24) is 24.8 Å². The average molecular weight is 403 g/mol. The zero-order chi connectivity index (χ0) is 20.7. The second-order valence-electron chi connectivity index (χ2n) is 8.92. The summed E-state index contributed by atoms with van der Waals surface area (Å²) in [5, 5.41) is 1.21. The van der Waals surface area contributed by atoms with Gasteiger partial charge >= 0.3 is 0 Å². The lowest BCUT2D eigenvalue weighted by molar-refractivity contribution is 0.228. The Morgan fingerprint density at radius 1 is 1.07 bits per heavy atom. The number of imidazole rings is 1. The van der Waals surface area contributed by atoms with Crippen LogP contribution in [-0.2, 0) is 6.54 Å². The summed E-state index contributed by atoms with van der Waals surface area (Å²) in [6.07, 6.45) is 7.00. The molecule has 3 heterocycles. The summed E-state index contributed by atoms with van der Waals surface area (Å²) in [5.41, 5.74) is 12.1. The van der Waals surface area contributed by atoms with Gasteiger partial charge in [-0.25, -0.2) is 9.97 Å². The Kier molecular flexibility index (Phi) is 4.95. The van der Waals surface area contributed by atoms with Gasteiger partial charge in [0, 0.05) is 35.2 Å². The van der Waals surface area contributed by atoms with Gasteiger partial charge in [0.05, 0.1) is 0 Å². The highest BCUT2D eigenvalue weighted by molar-refractivity contribution is 5.95. The van der Waals surface area contributed by atoms with Crippen molar-refractivity contribution in [2.24, 2.45) is 5.92 Å². The molecule has 1 aliphatic rings. The number of aromatic nitrogens is 4. The van der Waals surface area contributed by atoms with E-state index >= 15 is 0 Å². The second-order valence-corrected chi connectivity index (χ2v) is 8.92. The lowest BCUT2D eigenvalue weighted by Crippen LogP contribution is -2.26. The molecule has 156 valence electrons. The van der Waals surface area contributed by atoms with Crippen LogP contribution < -0.4 is 5.73 Å². The third-order valence-corrected chi connectivity index (χ3v) is 6.31. The highest BCUT2D eigenvalue weighted by Gasteiger charge is 2.16. The van der Waals surface area contributed by atoms with Crippen LogP contribution in [0.1, 0.15) is 43.5 Å². The summed E-state index contributed by atoms with van der Waals surface area (Å²) in [5.74, 6) is 2.19. The van der Waals surface area contributed by atoms with Crippen molar-refractivity contribution in [3.8, 4) is 11.3 Å². The molecule has 0 spiro atoms. The molecule has 0 atom stereocenters. The molecule has 4 N–H and O–H groups in total. The first-order valence-corrected chi connectivity index (χ1v) is 11.0. The first-order chi connectivity index (χ1) is 14.5. The molecule has 1 fully saturated rings. The first-order valence-electron chi connectivity index (χ1n) is 11.0. The number of nitrogen functional groups attached to an aromatic ring is 1. The topological polar surface area (TPSA) is 86.6 Å². The van der Waals surface area contributed by atoms with Gasteiger partial charge in [-0.2, -0.15) is 0 Å². The molecule has 6 heteroatoms. The smallest absolute Gasteiger partial charge is 0.160 e. The standard InChI is InChI=1S/C24H30N6/c1-15-26-23-19(12-22(25)29-24(23)27-15)21-11-18-10-17(8-9-20(18)28-21)14-30(2)13-16-6-4-3-5-7-16/h8-12,16,28H,3-7,13-14H2,1-2H3,(H3,25,26,27,29). The van der Waals surface area contributed by atoms with E-state index in [2.05, 4.69) is 56.1 Å². The Bertz CT molecular complexity index is 1180. The molecular formula is C24H30N6. The Balaban J connectivity index is 1.40. The van der Waals surface area contributed by atoms with Crippen LogP contribution in [-0.4, -0.2) is 38.4 Å². The van der Waals surface area contributed by atoms with Crippen LogP contribution in [0.4, 0.5) is 5.82 Å². The predicted molar refractivity (Wildman–Crippen MR) is 123 cm³/mol. The van der Waals surface area contributed by atoms with Crippen molar-refractivity contribution in [3.05, 3.63) is 41.7 Å². The summed E-state index contributed by atoms with van der Waals surface area (Å²) < 4.78 is 0. The van der Waals surface area contributed by atoms with Crippen LogP contribution >= 0.6 is 0 Å². The maximum absolute atomic E-state index is 6.04. The fraction of sp³-hybridized carbons (Fsp3) is 0.417. The minimum atomic E-state index is 0.491. The molecule has 4 aromatic rings. The summed E-state index contributed by atoms with van der Waals surface area (Å²) >= 11 is 0. The summed E-state index contributed by atoms with van der Waals surface area (Å²) in [6, 6.07) is 10.8. The number of nitrogens with zero attached hydrogens (tertiary/aromatic N) is 3. The molecule has 30 heavy (non-hydrogen) atoms. The minimum Gasteiger partial charge on any atom is -0.384 e. The lowest BCUT2D eigenvalue weighted by Gasteiger charge is -2.27. The Hall–Kier alpha value is -2.86. The maximum atomic E-state index is 6.04. The predicted octanol–water partition coefficient (Wildman–Crippen LogP) is 5.01. The van der Waals surface area contributed by atoms with Gasteiger partial charge in [0.15, 0.2) is 5.65 Å². The van der Waals surface area contributed by atoms with Crippen LogP contribution in [0.5, 0.6) is 0 Å². The van der Waals surface area contributed by atoms with Crippen LogP contribution in [0.2, 0.25) is 0 Å². The van der Waals surface area contributed by atoms with Gasteiger partial charge in [-0.15, -0.1) is 0 Å². The van der Waals surface area contributed by atoms with Crippen molar-refractivity contribution in [3.63, 3.8) is 0 Å². The number of aromatic amines is 2. The van der Waals surface area contributed by atoms with Gasteiger partial charge in [0.2, 0.25) is 0 Å². The number of rotatable bonds is 5. The number of hydrogen-bond donors (Lipinski definition) is 3. The fourth-order valence-electron chi connectivity index (χ4n) is 4.94. The SMILES string of the molecule is Cc1nc2c(-c3cc4cc(CN(C)CC5CCCCC5)ccc4[nH]3)cc(N)nc2[nH]1. The minimum absolute atomic E-state index is 0.491. The number of nitrogens with one attached hydrogen (secondary N) is 2. The highest BCUT2D eigenvalue weighted by Crippen LogP contribution is 2.31. The summed E-state index contributed by atoms with van der Waals surface area (Å²) in [6.45, 7) is 4.12. The second kappa shape index (κ2) is 7.76. The van der Waals surface area contributed by atoms with Gasteiger partial charge in [-0.05, 0) is 62.6 Å². The third kappa shape index (κ3) is 3.79. The van der Waals surface area contributed by atoms with E-state index in [9.17, 15) is 0 Å². The van der Waals surface area contributed by atoms with Crippen molar-refractivity contribution in [2.45, 2.75) is 45.6 Å². The molecule has 3 aromatic heterocycles. The average Bonchev–Trinajstić information content (AvgIpc) is 3.30. The number of nitrogens with two attached hydrogens (primary N) is 1. The molecule has 1 saturated carbocycles. The van der Waals surface area contributed by atoms with E-state index in [-0.39, 0.29) is 0 Å². The van der Waals surface area contributed by atoms with Crippen molar-refractivity contribution >= 4 is 27.9 Å². The number of anilines is 1. The number of benzene rings is 1. The molecule has 1 aliphatic carbocycles. The quantitative estimate of drug-likeness (QED) is 0.438. The number of fused-ring (bicyclic) bond motifs is 2. The Labute approximate surface area is 176 Å². The van der Waals surface area contributed by atoms with E-state index < -0.39 is 0 Å². The molecule has 0 aliphatic heterocycles. The molecule has 0 amide bonds. The van der Waals surface area contributed by atoms with E-state index in [4.69, 9.17) is 5.73 Å². The zero-order valence-corrected chi connectivity index (χ0v) is 17.8. The van der Waals surface area contributed by atoms with Crippen LogP contribution in [0.25, 0.3) is 33.3 Å². The van der Waals surface area contributed by atoms with Gasteiger partial charge in [-0.1, -0.05) is 25.3 Å². The summed E-state index contributed by atoms with van der Waals surface area (Å²) in [7, 11) is 2.25. The molecule has 1 aromatic carbocycles. The van der Waals surface area contributed by atoms with Gasteiger partial charge in [-0.3, -0.25) is 0 Å². The molecule has 0 unspecified atom stereocenters. The third-order valence-electron chi connectivity index (χ3n) is 6.31. The number of pyridine rings is 1. The number of aryl methyl sites for hydroxylation is 1. The number of H-pyrrole nitrogens is 2. The van der Waals surface area contributed by atoms with E-state index in [0.29, 0.717) is 5.82 Å².